The van der Waals surface area contributed by atoms with E-state index in [1.54, 1.807) is 7.05 Å². The second-order valence-electron chi connectivity index (χ2n) is 5.06. The fourth-order valence-electron chi connectivity index (χ4n) is 2.51. The Labute approximate surface area is 109 Å². The van der Waals surface area contributed by atoms with E-state index in [0.29, 0.717) is 12.8 Å². The van der Waals surface area contributed by atoms with Crippen LogP contribution in [0.2, 0.25) is 0 Å². The lowest BCUT2D eigenvalue weighted by molar-refractivity contribution is -0.152. The maximum Gasteiger partial charge on any atom is 0.309 e. The monoisotopic (exact) mass is 256 g/mol. The number of hydrogen-bond acceptors (Lipinski definition) is 3. The van der Waals surface area contributed by atoms with Crippen LogP contribution >= 0.6 is 0 Å². The Morgan fingerprint density at radius 2 is 1.94 bits per heavy atom. The molecule has 1 aliphatic rings. The molecule has 1 amide bonds. The second kappa shape index (κ2) is 6.73. The topological polar surface area (TPSA) is 69.6 Å². The molecule has 5 heteroatoms. The largest absolute Gasteiger partial charge is 0.481 e. The minimum atomic E-state index is -0.657. The lowest BCUT2D eigenvalue weighted by Crippen LogP contribution is -2.44. The van der Waals surface area contributed by atoms with Crippen LogP contribution in [-0.4, -0.2) is 48.6 Å². The number of nitrogens with one attached hydrogen (secondary N) is 1. The Bertz CT molecular complexity index is 297. The number of amides is 1. The summed E-state index contributed by atoms with van der Waals surface area (Å²) in [5.41, 5.74) is -0.517. The number of carbonyl (C=O) groups is 2. The lowest BCUT2D eigenvalue weighted by Gasteiger charge is -2.38. The van der Waals surface area contributed by atoms with Gasteiger partial charge >= 0.3 is 5.97 Å². The molecule has 5 nitrogen and oxygen atoms in total. The van der Waals surface area contributed by atoms with Crippen LogP contribution in [0.3, 0.4) is 0 Å². The van der Waals surface area contributed by atoms with Gasteiger partial charge in [0.15, 0.2) is 0 Å². The standard InChI is InChI=1S/C13H24N2O3/c1-3-13(12(17)18)6-9-15(10-7-13)8-4-5-11(16)14-2/h3-10H2,1-2H3,(H,14,16)(H,17,18). The third-order valence-corrected chi connectivity index (χ3v) is 4.10. The molecule has 0 radical (unpaired) electrons. The van der Waals surface area contributed by atoms with Crippen LogP contribution in [0.15, 0.2) is 0 Å². The molecule has 0 aromatic heterocycles. The molecular weight excluding hydrogens is 232 g/mol. The van der Waals surface area contributed by atoms with E-state index in [4.69, 9.17) is 0 Å². The summed E-state index contributed by atoms with van der Waals surface area (Å²) in [7, 11) is 1.64. The van der Waals surface area contributed by atoms with E-state index in [2.05, 4.69) is 10.2 Å². The van der Waals surface area contributed by atoms with Crippen LogP contribution < -0.4 is 5.32 Å². The molecule has 1 aliphatic heterocycles. The minimum Gasteiger partial charge on any atom is -0.481 e. The Morgan fingerprint density at radius 3 is 2.39 bits per heavy atom. The average molecular weight is 256 g/mol. The maximum atomic E-state index is 11.3. The van der Waals surface area contributed by atoms with Crippen LogP contribution in [0.1, 0.15) is 39.0 Å². The van der Waals surface area contributed by atoms with Gasteiger partial charge in [0.2, 0.25) is 5.91 Å². The quantitative estimate of drug-likeness (QED) is 0.746. The molecular formula is C13H24N2O3. The molecule has 0 bridgehead atoms. The fraction of sp³-hybridized carbons (Fsp3) is 0.846. The predicted octanol–water partition coefficient (Wildman–Crippen LogP) is 1.09. The molecule has 0 aromatic rings. The summed E-state index contributed by atoms with van der Waals surface area (Å²) >= 11 is 0. The molecule has 1 heterocycles. The van der Waals surface area contributed by atoms with Gasteiger partial charge < -0.3 is 15.3 Å². The summed E-state index contributed by atoms with van der Waals surface area (Å²) in [4.78, 5) is 24.6. The van der Waals surface area contributed by atoms with Crippen molar-refractivity contribution < 1.29 is 14.7 Å². The van der Waals surface area contributed by atoms with E-state index < -0.39 is 11.4 Å². The molecule has 0 saturated carbocycles. The Hall–Kier alpha value is -1.10. The van der Waals surface area contributed by atoms with Gasteiger partial charge in [-0.05, 0) is 45.3 Å². The maximum absolute atomic E-state index is 11.3. The van der Waals surface area contributed by atoms with Crippen molar-refractivity contribution in [2.75, 3.05) is 26.7 Å². The highest BCUT2D eigenvalue weighted by atomic mass is 16.4. The Morgan fingerprint density at radius 1 is 1.33 bits per heavy atom. The van der Waals surface area contributed by atoms with Gasteiger partial charge in [0.05, 0.1) is 5.41 Å². The summed E-state index contributed by atoms with van der Waals surface area (Å²) in [6.07, 6.45) is 3.53. The summed E-state index contributed by atoms with van der Waals surface area (Å²) in [6, 6.07) is 0. The molecule has 0 aromatic carbocycles. The summed E-state index contributed by atoms with van der Waals surface area (Å²) in [5, 5.41) is 11.9. The van der Waals surface area contributed by atoms with Crippen molar-refractivity contribution in [1.29, 1.82) is 0 Å². The van der Waals surface area contributed by atoms with Crippen molar-refractivity contribution in [3.63, 3.8) is 0 Å². The smallest absolute Gasteiger partial charge is 0.309 e. The predicted molar refractivity (Wildman–Crippen MR) is 69.3 cm³/mol. The number of hydrogen-bond donors (Lipinski definition) is 2. The van der Waals surface area contributed by atoms with Crippen LogP contribution in [0, 0.1) is 5.41 Å². The summed E-state index contributed by atoms with van der Waals surface area (Å²) < 4.78 is 0. The van der Waals surface area contributed by atoms with E-state index in [9.17, 15) is 14.7 Å². The molecule has 18 heavy (non-hydrogen) atoms. The molecule has 1 fully saturated rings. The van der Waals surface area contributed by atoms with E-state index >= 15 is 0 Å². The molecule has 0 spiro atoms. The van der Waals surface area contributed by atoms with Gasteiger partial charge in [-0.1, -0.05) is 6.92 Å². The van der Waals surface area contributed by atoms with Gasteiger partial charge in [-0.3, -0.25) is 9.59 Å². The normalized spacial score (nSPS) is 19.4. The van der Waals surface area contributed by atoms with Gasteiger partial charge in [0, 0.05) is 13.5 Å². The third-order valence-electron chi connectivity index (χ3n) is 4.10. The number of rotatable bonds is 6. The Kier molecular flexibility index (Phi) is 5.59. The van der Waals surface area contributed by atoms with Gasteiger partial charge in [-0.25, -0.2) is 0 Å². The number of piperidine rings is 1. The summed E-state index contributed by atoms with van der Waals surface area (Å²) in [5.74, 6) is -0.588. The van der Waals surface area contributed by atoms with Crippen molar-refractivity contribution in [2.45, 2.75) is 39.0 Å². The first-order chi connectivity index (χ1) is 8.54. The minimum absolute atomic E-state index is 0.0699. The zero-order valence-electron chi connectivity index (χ0n) is 11.4. The lowest BCUT2D eigenvalue weighted by atomic mass is 9.76. The van der Waals surface area contributed by atoms with E-state index in [1.807, 2.05) is 6.92 Å². The number of nitrogens with zero attached hydrogens (tertiary/aromatic N) is 1. The number of carbonyl (C=O) groups excluding carboxylic acids is 1. The van der Waals surface area contributed by atoms with Crippen LogP contribution in [-0.2, 0) is 9.59 Å². The van der Waals surface area contributed by atoms with Crippen LogP contribution in [0.25, 0.3) is 0 Å². The van der Waals surface area contributed by atoms with Crippen molar-refractivity contribution in [3.05, 3.63) is 0 Å². The van der Waals surface area contributed by atoms with E-state index in [0.717, 1.165) is 38.9 Å². The van der Waals surface area contributed by atoms with Crippen LogP contribution in [0.5, 0.6) is 0 Å². The van der Waals surface area contributed by atoms with E-state index in [-0.39, 0.29) is 5.91 Å². The molecule has 1 rings (SSSR count). The number of aliphatic carboxylic acids is 1. The van der Waals surface area contributed by atoms with Gasteiger partial charge in [0.1, 0.15) is 0 Å². The third kappa shape index (κ3) is 3.70. The second-order valence-corrected chi connectivity index (χ2v) is 5.06. The van der Waals surface area contributed by atoms with Gasteiger partial charge in [0.25, 0.3) is 0 Å². The average Bonchev–Trinajstić information content (AvgIpc) is 2.39. The van der Waals surface area contributed by atoms with E-state index in [1.165, 1.54) is 0 Å². The molecule has 0 aliphatic carbocycles. The van der Waals surface area contributed by atoms with Crippen molar-refractivity contribution in [1.82, 2.24) is 10.2 Å². The zero-order valence-corrected chi connectivity index (χ0v) is 11.4. The van der Waals surface area contributed by atoms with Crippen molar-refractivity contribution in [3.8, 4) is 0 Å². The molecule has 1 saturated heterocycles. The number of carboxylic acid groups (broad SMARTS) is 1. The highest BCUT2D eigenvalue weighted by Crippen LogP contribution is 2.35. The van der Waals surface area contributed by atoms with Crippen LogP contribution in [0.4, 0.5) is 0 Å². The Balaban J connectivity index is 2.31. The molecule has 2 N–H and O–H groups in total. The molecule has 0 unspecified atom stereocenters. The molecule has 104 valence electrons. The summed E-state index contributed by atoms with van der Waals surface area (Å²) in [6.45, 7) is 4.49. The highest BCUT2D eigenvalue weighted by Gasteiger charge is 2.39. The van der Waals surface area contributed by atoms with Crippen molar-refractivity contribution >= 4 is 11.9 Å². The number of carboxylic acids is 1. The highest BCUT2D eigenvalue weighted by molar-refractivity contribution is 5.75. The first-order valence-electron chi connectivity index (χ1n) is 6.70. The first kappa shape index (κ1) is 15.0. The zero-order chi connectivity index (χ0) is 13.6. The first-order valence-corrected chi connectivity index (χ1v) is 6.70. The van der Waals surface area contributed by atoms with Crippen molar-refractivity contribution in [2.24, 2.45) is 5.41 Å². The fourth-order valence-corrected chi connectivity index (χ4v) is 2.51. The SMILES string of the molecule is CCC1(C(=O)O)CCN(CCCC(=O)NC)CC1. The number of likely N-dealkylation sites (tertiary alicyclic amines) is 1. The van der Waals surface area contributed by atoms with Gasteiger partial charge in [-0.15, -0.1) is 0 Å². The van der Waals surface area contributed by atoms with Gasteiger partial charge in [-0.2, -0.15) is 0 Å². The molecule has 0 atom stereocenters.